The molecule has 188 valence electrons. The van der Waals surface area contributed by atoms with E-state index in [-0.39, 0.29) is 11.8 Å². The van der Waals surface area contributed by atoms with Crippen LogP contribution in [0.4, 0.5) is 5.69 Å². The van der Waals surface area contributed by atoms with Crippen molar-refractivity contribution in [3.63, 3.8) is 0 Å². The third-order valence-corrected chi connectivity index (χ3v) is 6.94. The lowest BCUT2D eigenvalue weighted by molar-refractivity contribution is -0.128. The monoisotopic (exact) mass is 496 g/mol. The van der Waals surface area contributed by atoms with Gasteiger partial charge in [-0.25, -0.2) is 0 Å². The van der Waals surface area contributed by atoms with Crippen LogP contribution in [0.1, 0.15) is 16.7 Å². The van der Waals surface area contributed by atoms with Gasteiger partial charge in [0.25, 0.3) is 0 Å². The molecule has 0 bridgehead atoms. The largest absolute Gasteiger partial charge is 0.486 e. The first-order valence-corrected chi connectivity index (χ1v) is 12.5. The van der Waals surface area contributed by atoms with Gasteiger partial charge < -0.3 is 30.4 Å². The number of hydrogen-bond acceptors (Lipinski definition) is 5. The zero-order valence-electron chi connectivity index (χ0n) is 20.3. The lowest BCUT2D eigenvalue weighted by Gasteiger charge is -2.27. The van der Waals surface area contributed by atoms with Crippen LogP contribution in [0, 0.1) is 0 Å². The van der Waals surface area contributed by atoms with Crippen LogP contribution >= 0.6 is 0 Å². The van der Waals surface area contributed by atoms with Gasteiger partial charge in [-0.05, 0) is 41.3 Å². The fourth-order valence-electron chi connectivity index (χ4n) is 4.99. The maximum Gasteiger partial charge on any atom is 0.247 e. The highest BCUT2D eigenvalue weighted by Crippen LogP contribution is 2.32. The van der Waals surface area contributed by atoms with Crippen molar-refractivity contribution in [2.45, 2.75) is 31.5 Å². The van der Waals surface area contributed by atoms with Crippen molar-refractivity contribution in [3.05, 3.63) is 89.6 Å². The Balaban J connectivity index is 1.23. The first-order chi connectivity index (χ1) is 18.1. The molecule has 0 radical (unpaired) electrons. The highest BCUT2D eigenvalue weighted by atomic mass is 16.6. The van der Waals surface area contributed by atoms with Gasteiger partial charge in [-0.2, -0.15) is 0 Å². The van der Waals surface area contributed by atoms with Gasteiger partial charge in [0.1, 0.15) is 19.3 Å². The number of carbonyl (C=O) groups is 2. The van der Waals surface area contributed by atoms with Gasteiger partial charge in [-0.15, -0.1) is 0 Å². The topological polar surface area (TPSA) is 104 Å². The molecule has 0 unspecified atom stereocenters. The molecule has 0 fully saturated rings. The summed E-state index contributed by atoms with van der Waals surface area (Å²) < 4.78 is 11.2. The van der Waals surface area contributed by atoms with Crippen LogP contribution in [0.25, 0.3) is 10.9 Å². The van der Waals surface area contributed by atoms with Crippen molar-refractivity contribution in [2.75, 3.05) is 18.5 Å². The Kier molecular flexibility index (Phi) is 6.24. The van der Waals surface area contributed by atoms with Crippen LogP contribution in [0.3, 0.4) is 0 Å². The summed E-state index contributed by atoms with van der Waals surface area (Å²) in [7, 11) is 0. The van der Waals surface area contributed by atoms with Crippen molar-refractivity contribution in [1.29, 1.82) is 0 Å². The molecular formula is C29H28N4O4. The van der Waals surface area contributed by atoms with E-state index < -0.39 is 12.1 Å². The fourth-order valence-corrected chi connectivity index (χ4v) is 4.99. The molecule has 37 heavy (non-hydrogen) atoms. The normalized spacial score (nSPS) is 17.0. The van der Waals surface area contributed by atoms with Gasteiger partial charge in [0.2, 0.25) is 11.8 Å². The molecule has 2 atom stereocenters. The second-order valence-corrected chi connectivity index (χ2v) is 9.38. The predicted molar refractivity (Wildman–Crippen MR) is 141 cm³/mol. The molecule has 2 aliphatic heterocycles. The SMILES string of the molecule is O=C(N[C@H](Cc1c[nH]c2ccccc12)C(=O)Nc1ccc2c(c1)OCCO2)[C@H]1Cc2ccccc2CN1. The van der Waals surface area contributed by atoms with Crippen molar-refractivity contribution in [3.8, 4) is 11.5 Å². The first kappa shape index (κ1) is 23.1. The zero-order valence-corrected chi connectivity index (χ0v) is 20.3. The van der Waals surface area contributed by atoms with E-state index in [2.05, 4.69) is 33.1 Å². The molecule has 8 heteroatoms. The van der Waals surface area contributed by atoms with E-state index in [9.17, 15) is 9.59 Å². The number of rotatable bonds is 6. The van der Waals surface area contributed by atoms with Gasteiger partial charge in [0.15, 0.2) is 11.5 Å². The van der Waals surface area contributed by atoms with Gasteiger partial charge in [0.05, 0.1) is 6.04 Å². The van der Waals surface area contributed by atoms with Crippen LogP contribution in [0.2, 0.25) is 0 Å². The van der Waals surface area contributed by atoms with E-state index in [4.69, 9.17) is 9.47 Å². The Morgan fingerprint density at radius 2 is 1.73 bits per heavy atom. The Hall–Kier alpha value is -4.30. The number of fused-ring (bicyclic) bond motifs is 3. The summed E-state index contributed by atoms with van der Waals surface area (Å²) in [6.45, 7) is 1.57. The number of carbonyl (C=O) groups excluding carboxylic acids is 2. The maximum absolute atomic E-state index is 13.5. The third kappa shape index (κ3) is 4.88. The highest BCUT2D eigenvalue weighted by molar-refractivity contribution is 5.99. The molecule has 3 aromatic carbocycles. The molecule has 2 aliphatic rings. The van der Waals surface area contributed by atoms with Crippen molar-refractivity contribution >= 4 is 28.4 Å². The minimum Gasteiger partial charge on any atom is -0.486 e. The number of aromatic amines is 1. The minimum absolute atomic E-state index is 0.198. The number of benzene rings is 3. The molecule has 8 nitrogen and oxygen atoms in total. The van der Waals surface area contributed by atoms with E-state index in [0.29, 0.717) is 49.8 Å². The molecule has 4 N–H and O–H groups in total. The number of ether oxygens (including phenoxy) is 2. The quantitative estimate of drug-likeness (QED) is 0.328. The van der Waals surface area contributed by atoms with E-state index in [1.165, 1.54) is 5.56 Å². The predicted octanol–water partition coefficient (Wildman–Crippen LogP) is 3.32. The molecule has 6 rings (SSSR count). The lowest BCUT2D eigenvalue weighted by Crippen LogP contribution is -2.53. The molecule has 0 aliphatic carbocycles. The van der Waals surface area contributed by atoms with E-state index >= 15 is 0 Å². The highest BCUT2D eigenvalue weighted by Gasteiger charge is 2.29. The Bertz CT molecular complexity index is 1460. The van der Waals surface area contributed by atoms with E-state index in [0.717, 1.165) is 22.0 Å². The molecule has 2 amide bonds. The lowest BCUT2D eigenvalue weighted by atomic mass is 9.95. The summed E-state index contributed by atoms with van der Waals surface area (Å²) in [4.78, 5) is 30.1. The second kappa shape index (κ2) is 9.99. The average molecular weight is 497 g/mol. The molecule has 0 saturated heterocycles. The Labute approximate surface area is 214 Å². The van der Waals surface area contributed by atoms with Crippen molar-refractivity contribution < 1.29 is 19.1 Å². The summed E-state index contributed by atoms with van der Waals surface area (Å²) in [6.07, 6.45) is 2.82. The maximum atomic E-state index is 13.5. The number of hydrogen-bond donors (Lipinski definition) is 4. The summed E-state index contributed by atoms with van der Waals surface area (Å²) in [5.74, 6) is 0.742. The Morgan fingerprint density at radius 1 is 0.946 bits per heavy atom. The van der Waals surface area contributed by atoms with Crippen molar-refractivity contribution in [2.24, 2.45) is 0 Å². The van der Waals surface area contributed by atoms with Gasteiger partial charge in [-0.1, -0.05) is 42.5 Å². The summed E-state index contributed by atoms with van der Waals surface area (Å²) in [5, 5.41) is 10.3. The third-order valence-electron chi connectivity index (χ3n) is 6.94. The fraction of sp³-hybridized carbons (Fsp3) is 0.241. The molecule has 0 saturated carbocycles. The number of para-hydroxylation sites is 1. The first-order valence-electron chi connectivity index (χ1n) is 12.5. The van der Waals surface area contributed by atoms with E-state index in [1.54, 1.807) is 18.2 Å². The summed E-state index contributed by atoms with van der Waals surface area (Å²) in [5.41, 5.74) is 4.87. The molecule has 0 spiro atoms. The zero-order chi connectivity index (χ0) is 25.2. The second-order valence-electron chi connectivity index (χ2n) is 9.38. The number of H-pyrrole nitrogens is 1. The van der Waals surface area contributed by atoms with Gasteiger partial charge in [-0.3, -0.25) is 9.59 Å². The van der Waals surface area contributed by atoms with Gasteiger partial charge in [0, 0.05) is 41.8 Å². The molecule has 3 heterocycles. The molecular weight excluding hydrogens is 468 g/mol. The Morgan fingerprint density at radius 3 is 2.62 bits per heavy atom. The average Bonchev–Trinajstić information content (AvgIpc) is 3.35. The number of nitrogens with one attached hydrogen (secondary N) is 4. The minimum atomic E-state index is -0.779. The van der Waals surface area contributed by atoms with E-state index in [1.807, 2.05) is 42.6 Å². The van der Waals surface area contributed by atoms with Crippen LogP contribution in [0.5, 0.6) is 11.5 Å². The number of anilines is 1. The van der Waals surface area contributed by atoms with Crippen LogP contribution < -0.4 is 25.4 Å². The summed E-state index contributed by atoms with van der Waals surface area (Å²) in [6, 6.07) is 20.1. The van der Waals surface area contributed by atoms with Crippen LogP contribution in [0.15, 0.2) is 72.9 Å². The van der Waals surface area contributed by atoms with Crippen LogP contribution in [-0.2, 0) is 29.0 Å². The molecule has 1 aromatic heterocycles. The smallest absolute Gasteiger partial charge is 0.247 e. The van der Waals surface area contributed by atoms with Gasteiger partial charge >= 0.3 is 0 Å². The van der Waals surface area contributed by atoms with Crippen molar-refractivity contribution in [1.82, 2.24) is 15.6 Å². The summed E-state index contributed by atoms with van der Waals surface area (Å²) >= 11 is 0. The number of amides is 2. The standard InChI is InChI=1S/C29H28N4O4/c34-28(24-13-18-5-1-2-6-19(18)16-31-24)33-25(14-20-17-30-23-8-4-3-7-22(20)23)29(35)32-21-9-10-26-27(15-21)37-12-11-36-26/h1-10,15,17,24-25,30-31H,11-14,16H2,(H,32,35)(H,33,34)/t24-,25-/m1/s1. The van der Waals surface area contributed by atoms with Crippen LogP contribution in [-0.4, -0.2) is 42.1 Å². The number of aromatic nitrogens is 1. The molecule has 4 aromatic rings.